The van der Waals surface area contributed by atoms with E-state index >= 15 is 0 Å². The number of amides is 1. The van der Waals surface area contributed by atoms with Crippen LogP contribution in [0.3, 0.4) is 0 Å². The second kappa shape index (κ2) is 9.64. The minimum absolute atomic E-state index is 0.0162. The van der Waals surface area contributed by atoms with Gasteiger partial charge in [0.05, 0.1) is 41.2 Å². The van der Waals surface area contributed by atoms with Crippen molar-refractivity contribution in [3.63, 3.8) is 0 Å². The first-order valence-corrected chi connectivity index (χ1v) is 11.9. The van der Waals surface area contributed by atoms with Crippen LogP contribution in [0.4, 0.5) is 22.0 Å². The fourth-order valence-electron chi connectivity index (χ4n) is 4.71. The van der Waals surface area contributed by atoms with E-state index in [1.807, 2.05) is 10.6 Å². The molecule has 0 unspecified atom stereocenters. The van der Waals surface area contributed by atoms with Crippen LogP contribution in [0, 0.1) is 23.1 Å². The molecule has 5 rings (SSSR count). The molecular weight excluding hydrogens is 475 g/mol. The Morgan fingerprint density at radius 1 is 1.26 bits per heavy atom. The predicted octanol–water partition coefficient (Wildman–Crippen LogP) is 3.65. The van der Waals surface area contributed by atoms with Gasteiger partial charge in [-0.3, -0.25) is 9.36 Å². The summed E-state index contributed by atoms with van der Waals surface area (Å²) in [6.45, 7) is 1.27. The van der Waals surface area contributed by atoms with Gasteiger partial charge in [0.1, 0.15) is 11.3 Å². The lowest BCUT2D eigenvalue weighted by atomic mass is 9.85. The highest BCUT2D eigenvalue weighted by Crippen LogP contribution is 2.38. The number of rotatable bonds is 6. The van der Waals surface area contributed by atoms with Crippen molar-refractivity contribution >= 4 is 46.3 Å². The molecule has 4 N–H and O–H groups in total. The Kier molecular flexibility index (Phi) is 6.40. The van der Waals surface area contributed by atoms with E-state index in [0.29, 0.717) is 62.0 Å². The minimum Gasteiger partial charge on any atom is -0.379 e. The van der Waals surface area contributed by atoms with E-state index in [-0.39, 0.29) is 40.2 Å². The fraction of sp³-hybridized carbons (Fsp3) is 0.435. The average molecular weight is 499 g/mol. The lowest BCUT2D eigenvalue weighted by molar-refractivity contribution is -0.122. The van der Waals surface area contributed by atoms with Gasteiger partial charge >= 0.3 is 0 Å². The topological polar surface area (TPSA) is 144 Å². The van der Waals surface area contributed by atoms with Crippen molar-refractivity contribution in [1.82, 2.24) is 19.5 Å². The summed E-state index contributed by atoms with van der Waals surface area (Å²) in [6.07, 6.45) is 5.12. The van der Waals surface area contributed by atoms with Gasteiger partial charge in [0.25, 0.3) is 0 Å². The highest BCUT2D eigenvalue weighted by Gasteiger charge is 2.30. The van der Waals surface area contributed by atoms with E-state index in [0.717, 1.165) is 12.5 Å². The largest absolute Gasteiger partial charge is 0.379 e. The Labute approximate surface area is 205 Å². The number of imidazole rings is 1. The smallest absolute Gasteiger partial charge is 0.225 e. The summed E-state index contributed by atoms with van der Waals surface area (Å²) in [4.78, 5) is 25.4. The first kappa shape index (κ1) is 23.3. The molecule has 0 bridgehead atoms. The molecule has 1 aliphatic carbocycles. The number of aromatic nitrogens is 4. The van der Waals surface area contributed by atoms with Gasteiger partial charge in [-0.15, -0.1) is 0 Å². The lowest BCUT2D eigenvalue weighted by Gasteiger charge is -2.29. The van der Waals surface area contributed by atoms with Crippen molar-refractivity contribution in [2.75, 3.05) is 23.8 Å². The highest BCUT2D eigenvalue weighted by molar-refractivity contribution is 6.33. The second-order valence-electron chi connectivity index (χ2n) is 8.87. The van der Waals surface area contributed by atoms with E-state index in [2.05, 4.69) is 20.6 Å². The number of primary amides is 1. The molecule has 2 fully saturated rings. The molecular formula is C23H24ClFN8O2. The Morgan fingerprint density at radius 2 is 2.06 bits per heavy atom. The van der Waals surface area contributed by atoms with Crippen LogP contribution in [0.2, 0.25) is 5.02 Å². The summed E-state index contributed by atoms with van der Waals surface area (Å²) >= 11 is 6.28. The molecule has 1 aromatic carbocycles. The molecule has 1 saturated heterocycles. The van der Waals surface area contributed by atoms with Crippen LogP contribution in [-0.2, 0) is 9.53 Å². The summed E-state index contributed by atoms with van der Waals surface area (Å²) in [5.74, 6) is -0.328. The zero-order valence-corrected chi connectivity index (χ0v) is 19.6. The summed E-state index contributed by atoms with van der Waals surface area (Å²) in [5.41, 5.74) is 6.77. The summed E-state index contributed by atoms with van der Waals surface area (Å²) in [5, 5.41) is 15.5. The van der Waals surface area contributed by atoms with Gasteiger partial charge in [0.15, 0.2) is 5.65 Å². The third-order valence-electron chi connectivity index (χ3n) is 6.57. The number of fused-ring (bicyclic) bond motifs is 1. The average Bonchev–Trinajstić information content (AvgIpc) is 3.48. The van der Waals surface area contributed by atoms with Gasteiger partial charge in [-0.2, -0.15) is 10.2 Å². The molecule has 10 nitrogen and oxygen atoms in total. The van der Waals surface area contributed by atoms with E-state index in [1.165, 1.54) is 6.07 Å². The first-order chi connectivity index (χ1) is 16.9. The van der Waals surface area contributed by atoms with Gasteiger partial charge in [0.2, 0.25) is 17.8 Å². The van der Waals surface area contributed by atoms with E-state index in [1.54, 1.807) is 6.20 Å². The number of carbonyl (C=O) groups is 1. The SMILES string of the molecule is N#Cc1cc(F)c(Nc2nc3cnc(N[C@@H]4CCOC4)nc3n2C2CCC(C(N)=O)CC2)c(Cl)c1. The third-order valence-corrected chi connectivity index (χ3v) is 6.87. The Balaban J connectivity index is 1.54. The number of halogens is 2. The molecule has 2 aliphatic rings. The van der Waals surface area contributed by atoms with Crippen LogP contribution in [0.1, 0.15) is 43.7 Å². The number of nitriles is 1. The standard InChI is InChI=1S/C23H24ClFN8O2/c24-16-7-12(9-26)8-17(25)19(16)31-23-30-18-10-28-22(29-14-5-6-35-11-14)32-21(18)33(23)15-3-1-13(2-4-15)20(27)34/h7-8,10,13-15H,1-6,11H2,(H2,27,34)(H,30,31)(H,28,29,32)/t13?,14-,15?/m1/s1. The Hall–Kier alpha value is -3.49. The quantitative estimate of drug-likeness (QED) is 0.467. The lowest BCUT2D eigenvalue weighted by Crippen LogP contribution is -2.29. The molecule has 182 valence electrons. The maximum absolute atomic E-state index is 14.8. The fourth-order valence-corrected chi connectivity index (χ4v) is 4.97. The predicted molar refractivity (Wildman–Crippen MR) is 128 cm³/mol. The van der Waals surface area contributed by atoms with Gasteiger partial charge < -0.3 is 21.1 Å². The number of hydrogen-bond acceptors (Lipinski definition) is 8. The number of anilines is 3. The Bertz CT molecular complexity index is 1290. The molecule has 2 aromatic heterocycles. The van der Waals surface area contributed by atoms with Crippen molar-refractivity contribution in [3.05, 3.63) is 34.7 Å². The number of ether oxygens (including phenoxy) is 1. The summed E-state index contributed by atoms with van der Waals surface area (Å²) < 4.78 is 22.1. The number of benzene rings is 1. The van der Waals surface area contributed by atoms with Gasteiger partial charge in [0, 0.05) is 18.6 Å². The number of hydrogen-bond donors (Lipinski definition) is 3. The molecule has 1 amide bonds. The monoisotopic (exact) mass is 498 g/mol. The summed E-state index contributed by atoms with van der Waals surface area (Å²) in [7, 11) is 0. The molecule has 12 heteroatoms. The first-order valence-electron chi connectivity index (χ1n) is 11.5. The molecule has 1 atom stereocenters. The number of nitrogens with two attached hydrogens (primary N) is 1. The van der Waals surface area contributed by atoms with Gasteiger partial charge in [-0.05, 0) is 44.2 Å². The zero-order chi connectivity index (χ0) is 24.5. The van der Waals surface area contributed by atoms with E-state index < -0.39 is 5.82 Å². The van der Waals surface area contributed by atoms with Crippen LogP contribution in [0.5, 0.6) is 0 Å². The number of carbonyl (C=O) groups excluding carboxylic acids is 1. The Morgan fingerprint density at radius 3 is 2.71 bits per heavy atom. The molecule has 0 radical (unpaired) electrons. The molecule has 3 heterocycles. The molecule has 3 aromatic rings. The van der Waals surface area contributed by atoms with Crippen LogP contribution >= 0.6 is 11.6 Å². The molecule has 35 heavy (non-hydrogen) atoms. The maximum atomic E-state index is 14.8. The molecule has 0 spiro atoms. The third kappa shape index (κ3) is 4.72. The van der Waals surface area contributed by atoms with Crippen molar-refractivity contribution in [3.8, 4) is 6.07 Å². The van der Waals surface area contributed by atoms with Crippen molar-refractivity contribution in [1.29, 1.82) is 5.26 Å². The van der Waals surface area contributed by atoms with E-state index in [9.17, 15) is 9.18 Å². The number of nitrogens with one attached hydrogen (secondary N) is 2. The van der Waals surface area contributed by atoms with Crippen LogP contribution in [0.25, 0.3) is 11.2 Å². The van der Waals surface area contributed by atoms with Gasteiger partial charge in [-0.25, -0.2) is 14.4 Å². The molecule has 1 saturated carbocycles. The van der Waals surface area contributed by atoms with E-state index in [4.69, 9.17) is 32.3 Å². The van der Waals surface area contributed by atoms with Crippen LogP contribution in [0.15, 0.2) is 18.3 Å². The van der Waals surface area contributed by atoms with Crippen LogP contribution < -0.4 is 16.4 Å². The van der Waals surface area contributed by atoms with Crippen molar-refractivity contribution < 1.29 is 13.9 Å². The maximum Gasteiger partial charge on any atom is 0.225 e. The van der Waals surface area contributed by atoms with Crippen LogP contribution in [-0.4, -0.2) is 44.7 Å². The second-order valence-corrected chi connectivity index (χ2v) is 9.28. The highest BCUT2D eigenvalue weighted by atomic mass is 35.5. The number of nitrogens with zero attached hydrogens (tertiary/aromatic N) is 5. The normalized spacial score (nSPS) is 22.1. The van der Waals surface area contributed by atoms with Crippen molar-refractivity contribution in [2.45, 2.75) is 44.2 Å². The summed E-state index contributed by atoms with van der Waals surface area (Å²) in [6, 6.07) is 4.48. The molecule has 1 aliphatic heterocycles. The van der Waals surface area contributed by atoms with Crippen molar-refractivity contribution in [2.24, 2.45) is 11.7 Å². The van der Waals surface area contributed by atoms with Gasteiger partial charge in [-0.1, -0.05) is 11.6 Å². The zero-order valence-electron chi connectivity index (χ0n) is 18.8. The minimum atomic E-state index is -0.667.